The SMILES string of the molecule is Nc1cccnc1N1CCN(C(=O)Cc2ccc(OCCc3ccccc3)cc2)CC1. The summed E-state index contributed by atoms with van der Waals surface area (Å²) in [5.74, 6) is 1.78. The van der Waals surface area contributed by atoms with E-state index in [-0.39, 0.29) is 5.91 Å². The van der Waals surface area contributed by atoms with Crippen molar-refractivity contribution in [1.29, 1.82) is 0 Å². The van der Waals surface area contributed by atoms with E-state index in [1.54, 1.807) is 6.20 Å². The molecule has 160 valence electrons. The molecule has 1 aromatic heterocycles. The topological polar surface area (TPSA) is 71.7 Å². The Kier molecular flexibility index (Phi) is 6.67. The number of amides is 1. The second kappa shape index (κ2) is 9.98. The van der Waals surface area contributed by atoms with Crippen LogP contribution >= 0.6 is 0 Å². The molecule has 1 aliphatic rings. The predicted molar refractivity (Wildman–Crippen MR) is 123 cm³/mol. The molecule has 6 nitrogen and oxygen atoms in total. The fourth-order valence-corrected chi connectivity index (χ4v) is 3.76. The van der Waals surface area contributed by atoms with E-state index in [4.69, 9.17) is 10.5 Å². The van der Waals surface area contributed by atoms with Gasteiger partial charge in [0.05, 0.1) is 18.7 Å². The first-order chi connectivity index (χ1) is 15.2. The molecule has 0 aliphatic carbocycles. The van der Waals surface area contributed by atoms with E-state index in [1.807, 2.05) is 59.5 Å². The number of benzene rings is 2. The first-order valence-electron chi connectivity index (χ1n) is 10.7. The van der Waals surface area contributed by atoms with Crippen LogP contribution in [0, 0.1) is 0 Å². The summed E-state index contributed by atoms with van der Waals surface area (Å²) in [4.78, 5) is 21.2. The number of anilines is 2. The van der Waals surface area contributed by atoms with E-state index < -0.39 is 0 Å². The van der Waals surface area contributed by atoms with Crippen molar-refractivity contribution in [3.8, 4) is 5.75 Å². The van der Waals surface area contributed by atoms with Crippen LogP contribution in [0.1, 0.15) is 11.1 Å². The lowest BCUT2D eigenvalue weighted by Crippen LogP contribution is -2.49. The lowest BCUT2D eigenvalue weighted by Gasteiger charge is -2.35. The minimum absolute atomic E-state index is 0.145. The third-order valence-corrected chi connectivity index (χ3v) is 5.53. The van der Waals surface area contributed by atoms with Gasteiger partial charge in [0.1, 0.15) is 5.75 Å². The van der Waals surface area contributed by atoms with Gasteiger partial charge in [0.2, 0.25) is 5.91 Å². The highest BCUT2D eigenvalue weighted by Crippen LogP contribution is 2.21. The lowest BCUT2D eigenvalue weighted by molar-refractivity contribution is -0.130. The van der Waals surface area contributed by atoms with Crippen molar-refractivity contribution in [2.24, 2.45) is 0 Å². The summed E-state index contributed by atoms with van der Waals surface area (Å²) in [6, 6.07) is 21.8. The van der Waals surface area contributed by atoms with Crippen LogP contribution in [0.4, 0.5) is 11.5 Å². The van der Waals surface area contributed by atoms with Crippen LogP contribution in [0.3, 0.4) is 0 Å². The highest BCUT2D eigenvalue weighted by atomic mass is 16.5. The summed E-state index contributed by atoms with van der Waals surface area (Å²) in [6.45, 7) is 3.46. The van der Waals surface area contributed by atoms with Crippen LogP contribution < -0.4 is 15.4 Å². The van der Waals surface area contributed by atoms with E-state index in [9.17, 15) is 4.79 Å². The van der Waals surface area contributed by atoms with E-state index >= 15 is 0 Å². The molecule has 31 heavy (non-hydrogen) atoms. The van der Waals surface area contributed by atoms with E-state index in [1.165, 1.54) is 5.56 Å². The minimum Gasteiger partial charge on any atom is -0.493 e. The molecule has 2 N–H and O–H groups in total. The van der Waals surface area contributed by atoms with E-state index in [0.717, 1.165) is 36.6 Å². The van der Waals surface area contributed by atoms with Gasteiger partial charge in [-0.25, -0.2) is 4.98 Å². The standard InChI is InChI=1S/C25H28N4O2/c26-23-7-4-13-27-25(23)29-16-14-28(15-17-29)24(30)19-21-8-10-22(11-9-21)31-18-12-20-5-2-1-3-6-20/h1-11,13H,12,14-19,26H2. The molecule has 0 atom stereocenters. The summed E-state index contributed by atoms with van der Waals surface area (Å²) in [6.07, 6.45) is 3.02. The van der Waals surface area contributed by atoms with Crippen LogP contribution in [0.2, 0.25) is 0 Å². The Labute approximate surface area is 183 Å². The fourth-order valence-electron chi connectivity index (χ4n) is 3.76. The fraction of sp³-hybridized carbons (Fsp3) is 0.280. The van der Waals surface area contributed by atoms with Gasteiger partial charge < -0.3 is 20.3 Å². The van der Waals surface area contributed by atoms with Gasteiger partial charge in [0.15, 0.2) is 5.82 Å². The Bertz CT molecular complexity index is 984. The third kappa shape index (κ3) is 5.54. The van der Waals surface area contributed by atoms with E-state index in [2.05, 4.69) is 22.0 Å². The lowest BCUT2D eigenvalue weighted by atomic mass is 10.1. The number of rotatable bonds is 7. The number of aromatic nitrogens is 1. The maximum atomic E-state index is 12.7. The van der Waals surface area contributed by atoms with Gasteiger partial charge in [-0.05, 0) is 35.4 Å². The van der Waals surface area contributed by atoms with Crippen LogP contribution in [0.15, 0.2) is 72.9 Å². The number of piperazine rings is 1. The monoisotopic (exact) mass is 416 g/mol. The van der Waals surface area contributed by atoms with Gasteiger partial charge in [-0.1, -0.05) is 42.5 Å². The van der Waals surface area contributed by atoms with Crippen molar-refractivity contribution in [3.63, 3.8) is 0 Å². The second-order valence-corrected chi connectivity index (χ2v) is 7.69. The van der Waals surface area contributed by atoms with Crippen molar-refractivity contribution in [3.05, 3.63) is 84.1 Å². The van der Waals surface area contributed by atoms with Gasteiger partial charge >= 0.3 is 0 Å². The highest BCUT2D eigenvalue weighted by Gasteiger charge is 2.22. The Balaban J connectivity index is 1.23. The maximum Gasteiger partial charge on any atom is 0.227 e. The van der Waals surface area contributed by atoms with Crippen LogP contribution in [0.25, 0.3) is 0 Å². The van der Waals surface area contributed by atoms with Crippen molar-refractivity contribution in [2.75, 3.05) is 43.4 Å². The summed E-state index contributed by atoms with van der Waals surface area (Å²) >= 11 is 0. The normalized spacial score (nSPS) is 13.8. The number of ether oxygens (including phenoxy) is 1. The first-order valence-corrected chi connectivity index (χ1v) is 10.7. The summed E-state index contributed by atoms with van der Waals surface area (Å²) in [5.41, 5.74) is 8.96. The number of pyridine rings is 1. The molecule has 1 saturated heterocycles. The molecule has 4 rings (SSSR count). The molecule has 0 unspecified atom stereocenters. The molecule has 2 aromatic carbocycles. The Morgan fingerprint density at radius 1 is 0.903 bits per heavy atom. The average Bonchev–Trinajstić information content (AvgIpc) is 2.81. The molecule has 0 spiro atoms. The smallest absolute Gasteiger partial charge is 0.227 e. The molecule has 1 amide bonds. The molecule has 1 fully saturated rings. The third-order valence-electron chi connectivity index (χ3n) is 5.53. The van der Waals surface area contributed by atoms with Crippen molar-refractivity contribution in [2.45, 2.75) is 12.8 Å². The number of nitrogens with zero attached hydrogens (tertiary/aromatic N) is 3. The molecule has 0 saturated carbocycles. The molecule has 0 radical (unpaired) electrons. The summed E-state index contributed by atoms with van der Waals surface area (Å²) in [7, 11) is 0. The second-order valence-electron chi connectivity index (χ2n) is 7.69. The molecule has 1 aliphatic heterocycles. The molecule has 6 heteroatoms. The number of hydrogen-bond acceptors (Lipinski definition) is 5. The number of carbonyl (C=O) groups excluding carboxylic acids is 1. The number of nitrogen functional groups attached to an aromatic ring is 1. The quantitative estimate of drug-likeness (QED) is 0.641. The molecular formula is C25H28N4O2. The summed E-state index contributed by atoms with van der Waals surface area (Å²) < 4.78 is 5.83. The minimum atomic E-state index is 0.145. The summed E-state index contributed by atoms with van der Waals surface area (Å²) in [5, 5.41) is 0. The Morgan fingerprint density at radius 2 is 1.65 bits per heavy atom. The number of hydrogen-bond donors (Lipinski definition) is 1. The zero-order valence-electron chi connectivity index (χ0n) is 17.6. The van der Waals surface area contributed by atoms with Crippen molar-refractivity contribution >= 4 is 17.4 Å². The van der Waals surface area contributed by atoms with Crippen LogP contribution in [0.5, 0.6) is 5.75 Å². The zero-order valence-corrected chi connectivity index (χ0v) is 17.6. The van der Waals surface area contributed by atoms with E-state index in [0.29, 0.717) is 31.8 Å². The average molecular weight is 417 g/mol. The zero-order chi connectivity index (χ0) is 21.5. The van der Waals surface area contributed by atoms with Gasteiger partial charge in [-0.2, -0.15) is 0 Å². The molecule has 0 bridgehead atoms. The Morgan fingerprint density at radius 3 is 2.35 bits per heavy atom. The van der Waals surface area contributed by atoms with Gasteiger partial charge in [-0.15, -0.1) is 0 Å². The van der Waals surface area contributed by atoms with Gasteiger partial charge in [0, 0.05) is 38.8 Å². The number of nitrogens with two attached hydrogens (primary N) is 1. The van der Waals surface area contributed by atoms with Crippen LogP contribution in [-0.4, -0.2) is 48.6 Å². The first kappa shape index (κ1) is 20.7. The van der Waals surface area contributed by atoms with Crippen LogP contribution in [-0.2, 0) is 17.6 Å². The maximum absolute atomic E-state index is 12.7. The molecule has 3 aromatic rings. The largest absolute Gasteiger partial charge is 0.493 e. The highest BCUT2D eigenvalue weighted by molar-refractivity contribution is 5.79. The molecular weight excluding hydrogens is 388 g/mol. The molecule has 2 heterocycles. The predicted octanol–water partition coefficient (Wildman–Crippen LogP) is 3.18. The van der Waals surface area contributed by atoms with Crippen molar-refractivity contribution < 1.29 is 9.53 Å². The Hall–Kier alpha value is -3.54. The van der Waals surface area contributed by atoms with Crippen molar-refractivity contribution in [1.82, 2.24) is 9.88 Å². The van der Waals surface area contributed by atoms with Gasteiger partial charge in [-0.3, -0.25) is 4.79 Å². The number of carbonyl (C=O) groups is 1. The van der Waals surface area contributed by atoms with Gasteiger partial charge in [0.25, 0.3) is 0 Å².